The summed E-state index contributed by atoms with van der Waals surface area (Å²) in [5.74, 6) is -19.5. The van der Waals surface area contributed by atoms with Crippen molar-refractivity contribution in [3.63, 3.8) is 0 Å². The average Bonchev–Trinajstić information content (AvgIpc) is 2.69. The highest BCUT2D eigenvalue weighted by Crippen LogP contribution is 2.51. The van der Waals surface area contributed by atoms with E-state index in [2.05, 4.69) is 9.47 Å². The number of fused-ring (bicyclic) bond motifs is 3. The summed E-state index contributed by atoms with van der Waals surface area (Å²) in [7, 11) is 0. The lowest BCUT2D eigenvalue weighted by Crippen LogP contribution is -2.81. The molecular formula is C19H27NO19. The fourth-order valence-corrected chi connectivity index (χ4v) is 4.79. The first kappa shape index (κ1) is 31.3. The Bertz CT molecular complexity index is 1100. The van der Waals surface area contributed by atoms with Crippen LogP contribution in [0.1, 0.15) is 23.6 Å². The molecule has 2 heterocycles. The molecule has 222 valence electrons. The zero-order valence-corrected chi connectivity index (χ0v) is 19.3. The molecule has 0 saturated carbocycles. The van der Waals surface area contributed by atoms with Gasteiger partial charge in [0, 0.05) is 19.0 Å². The highest BCUT2D eigenvalue weighted by atomic mass is 16.9. The van der Waals surface area contributed by atoms with Gasteiger partial charge in [0.2, 0.25) is 11.7 Å². The Morgan fingerprint density at radius 3 is 1.77 bits per heavy atom. The summed E-state index contributed by atoms with van der Waals surface area (Å²) in [6.45, 7) is -0.515. The van der Waals surface area contributed by atoms with Gasteiger partial charge >= 0.3 is 18.3 Å². The average molecular weight is 573 g/mol. The molecule has 1 aromatic carbocycles. The van der Waals surface area contributed by atoms with Crippen LogP contribution in [-0.2, 0) is 11.2 Å². The number of carbonyl (C=O) groups excluding carboxylic acids is 1. The van der Waals surface area contributed by atoms with Gasteiger partial charge in [0.15, 0.2) is 17.8 Å². The third-order valence-electron chi connectivity index (χ3n) is 6.43. The maximum atomic E-state index is 13.0. The van der Waals surface area contributed by atoms with Crippen LogP contribution in [0.4, 0.5) is 0 Å². The molecule has 0 bridgehead atoms. The predicted octanol–water partition coefficient (Wildman–Crippen LogP) is -8.90. The largest absolute Gasteiger partial charge is 0.453 e. The molecule has 16 N–H and O–H groups in total. The monoisotopic (exact) mass is 573 g/mol. The van der Waals surface area contributed by atoms with Crippen molar-refractivity contribution in [1.29, 1.82) is 0 Å². The molecule has 0 aromatic heterocycles. The van der Waals surface area contributed by atoms with Crippen LogP contribution in [0.3, 0.4) is 0 Å². The Labute approximate surface area is 215 Å². The van der Waals surface area contributed by atoms with E-state index in [1.807, 2.05) is 0 Å². The fourth-order valence-electron chi connectivity index (χ4n) is 4.79. The van der Waals surface area contributed by atoms with Crippen molar-refractivity contribution in [3.8, 4) is 11.5 Å². The maximum absolute atomic E-state index is 13.0. The van der Waals surface area contributed by atoms with Gasteiger partial charge in [0.25, 0.3) is 5.60 Å². The first-order valence-electron chi connectivity index (χ1n) is 10.7. The Hall–Kier alpha value is -2.19. The van der Waals surface area contributed by atoms with Crippen molar-refractivity contribution in [1.82, 2.24) is 4.90 Å². The summed E-state index contributed by atoms with van der Waals surface area (Å²) in [5, 5.41) is 155. The molecule has 1 saturated heterocycles. The molecule has 39 heavy (non-hydrogen) atoms. The number of benzene rings is 1. The lowest BCUT2D eigenvalue weighted by atomic mass is 9.71. The summed E-state index contributed by atoms with van der Waals surface area (Å²) in [4.78, 5) is 13.6. The fraction of sp³-hybridized carbons (Fsp3) is 0.632. The van der Waals surface area contributed by atoms with E-state index in [4.69, 9.17) is 15.3 Å². The van der Waals surface area contributed by atoms with E-state index < -0.39 is 84.1 Å². The van der Waals surface area contributed by atoms with Crippen molar-refractivity contribution in [2.24, 2.45) is 5.92 Å². The number of rotatable bonds is 8. The first-order valence-corrected chi connectivity index (χ1v) is 10.7. The molecule has 2 aliphatic rings. The number of aliphatic hydroxyl groups excluding tert-OH is 1. The SMILES string of the molecule is O=C1CC2c3cc(OC(O)(O)O)c(OC(O)(O)O)cc3CCN2C(O)(O)C1C(O)(O)C(O)(C(O)O)C(O)(O)O. The van der Waals surface area contributed by atoms with E-state index >= 15 is 0 Å². The van der Waals surface area contributed by atoms with Gasteiger partial charge in [0.1, 0.15) is 11.7 Å². The minimum atomic E-state index is -4.75. The summed E-state index contributed by atoms with van der Waals surface area (Å²) in [6, 6.07) is 0.175. The van der Waals surface area contributed by atoms with E-state index in [9.17, 15) is 71.2 Å². The minimum absolute atomic E-state index is 0.103. The van der Waals surface area contributed by atoms with Gasteiger partial charge in [-0.3, -0.25) is 4.79 Å². The summed E-state index contributed by atoms with van der Waals surface area (Å²) in [6.07, 6.45) is -12.6. The lowest BCUT2D eigenvalue weighted by molar-refractivity contribution is -0.500. The lowest BCUT2D eigenvalue weighted by Gasteiger charge is -2.56. The molecule has 0 amide bonds. The Morgan fingerprint density at radius 1 is 0.846 bits per heavy atom. The van der Waals surface area contributed by atoms with Crippen molar-refractivity contribution in [2.75, 3.05) is 6.54 Å². The molecule has 1 aromatic rings. The number of nitrogens with zero attached hydrogens (tertiary/aromatic N) is 1. The molecule has 2 aliphatic heterocycles. The van der Waals surface area contributed by atoms with E-state index in [1.54, 1.807) is 0 Å². The van der Waals surface area contributed by atoms with Crippen LogP contribution in [0.25, 0.3) is 0 Å². The molecule has 20 heteroatoms. The second-order valence-corrected chi connectivity index (χ2v) is 9.10. The smallest absolute Gasteiger partial charge is 0.413 e. The zero-order valence-electron chi connectivity index (χ0n) is 19.3. The minimum Gasteiger partial charge on any atom is -0.413 e. The highest BCUT2D eigenvalue weighted by molar-refractivity contribution is 5.85. The van der Waals surface area contributed by atoms with Gasteiger partial charge in [-0.15, -0.1) is 0 Å². The summed E-state index contributed by atoms with van der Waals surface area (Å²) in [5.41, 5.74) is -4.67. The summed E-state index contributed by atoms with van der Waals surface area (Å²) >= 11 is 0. The number of carbonyl (C=O) groups is 1. The van der Waals surface area contributed by atoms with Crippen LogP contribution in [0.2, 0.25) is 0 Å². The van der Waals surface area contributed by atoms with Gasteiger partial charge < -0.3 is 91.2 Å². The Balaban J connectivity index is 2.12. The molecule has 0 spiro atoms. The van der Waals surface area contributed by atoms with E-state index in [0.717, 1.165) is 12.1 Å². The van der Waals surface area contributed by atoms with Crippen molar-refractivity contribution >= 4 is 5.78 Å². The number of ether oxygens (including phenoxy) is 2. The number of hydrogen-bond donors (Lipinski definition) is 16. The second-order valence-electron chi connectivity index (χ2n) is 9.10. The highest BCUT2D eigenvalue weighted by Gasteiger charge is 2.75. The summed E-state index contributed by atoms with van der Waals surface area (Å²) < 4.78 is 8.83. The van der Waals surface area contributed by atoms with Gasteiger partial charge in [-0.25, -0.2) is 4.90 Å². The topological polar surface area (TPSA) is 362 Å². The molecule has 3 rings (SSSR count). The van der Waals surface area contributed by atoms with Crippen LogP contribution in [0.15, 0.2) is 12.1 Å². The third-order valence-corrected chi connectivity index (χ3v) is 6.43. The van der Waals surface area contributed by atoms with Crippen molar-refractivity contribution < 1.29 is 96.0 Å². The van der Waals surface area contributed by atoms with E-state index in [0.29, 0.717) is 4.90 Å². The molecule has 1 fully saturated rings. The van der Waals surface area contributed by atoms with E-state index in [1.165, 1.54) is 0 Å². The van der Waals surface area contributed by atoms with Gasteiger partial charge in [-0.1, -0.05) is 0 Å². The number of piperidine rings is 1. The number of hydrogen-bond acceptors (Lipinski definition) is 20. The maximum Gasteiger partial charge on any atom is 0.453 e. The quantitative estimate of drug-likeness (QED) is 0.128. The molecular weight excluding hydrogens is 546 g/mol. The Morgan fingerprint density at radius 2 is 1.33 bits per heavy atom. The standard InChI is InChI=1S/C19H27NO19/c21-9-5-8-7-4-11(39-19(35,36)37)10(38-18(32,33)34)3-6(7)1-2-20(8)16(27,28)12(9)15(25,26)14(24,13(22)23)17(29,30)31/h3-4,8,12-13,22-37H,1-2,5H2. The first-order chi connectivity index (χ1) is 17.3. The second kappa shape index (κ2) is 9.44. The van der Waals surface area contributed by atoms with Crippen LogP contribution in [-0.4, -0.2) is 141 Å². The Kier molecular flexibility index (Phi) is 7.58. The van der Waals surface area contributed by atoms with Gasteiger partial charge in [0.05, 0.1) is 0 Å². The van der Waals surface area contributed by atoms with Crippen LogP contribution in [0.5, 0.6) is 11.5 Å². The molecule has 20 nitrogen and oxygen atoms in total. The van der Waals surface area contributed by atoms with Crippen LogP contribution >= 0.6 is 0 Å². The predicted molar refractivity (Wildman–Crippen MR) is 110 cm³/mol. The van der Waals surface area contributed by atoms with Crippen LogP contribution < -0.4 is 9.47 Å². The van der Waals surface area contributed by atoms with E-state index in [-0.39, 0.29) is 17.5 Å². The molecule has 3 atom stereocenters. The third kappa shape index (κ3) is 5.43. The van der Waals surface area contributed by atoms with Crippen molar-refractivity contribution in [3.05, 3.63) is 23.3 Å². The number of ketones is 1. The number of Topliss-reactive ketones (excluding diaryl/α,β-unsaturated/α-hetero) is 1. The number of aliphatic hydroxyl groups is 16. The zero-order chi connectivity index (χ0) is 30.1. The van der Waals surface area contributed by atoms with Gasteiger partial charge in [-0.2, -0.15) is 0 Å². The van der Waals surface area contributed by atoms with Crippen LogP contribution in [0, 0.1) is 5.92 Å². The van der Waals surface area contributed by atoms with Crippen molar-refractivity contribution in [2.45, 2.75) is 60.8 Å². The van der Waals surface area contributed by atoms with Gasteiger partial charge in [-0.05, 0) is 29.7 Å². The normalized spacial score (nSPS) is 24.2. The molecule has 0 radical (unpaired) electrons. The molecule has 3 unspecified atom stereocenters. The molecule has 0 aliphatic carbocycles.